The largest absolute Gasteiger partial charge is 0.279 e. The van der Waals surface area contributed by atoms with Crippen LogP contribution >= 0.6 is 20.5 Å². The molecule has 0 aliphatic carbocycles. The lowest BCUT2D eigenvalue weighted by atomic mass is 10.2. The Morgan fingerprint density at radius 1 is 0.733 bits per heavy atom. The Labute approximate surface area is 94.0 Å². The molecule has 0 bridgehead atoms. The third kappa shape index (κ3) is 1.79. The number of rotatable bonds is 0. The Hall–Kier alpha value is -1.24. The molecule has 0 spiro atoms. The Morgan fingerprint density at radius 3 is 1.60 bits per heavy atom. The maximum atomic E-state index is 8.06. The van der Waals surface area contributed by atoms with E-state index in [1.807, 2.05) is 11.3 Å². The minimum absolute atomic E-state index is 1.38. The van der Waals surface area contributed by atoms with Crippen LogP contribution in [-0.2, 0) is 4.57 Å². The minimum Gasteiger partial charge on any atom is -0.279 e. The Morgan fingerprint density at radius 2 is 1.13 bits per heavy atom. The van der Waals surface area contributed by atoms with Gasteiger partial charge in [0.25, 0.3) is 0 Å². The first kappa shape index (κ1) is 10.3. The van der Waals surface area contributed by atoms with Crippen LogP contribution in [0.1, 0.15) is 0 Å². The van der Waals surface area contributed by atoms with Crippen molar-refractivity contribution in [2.24, 2.45) is 0 Å². The van der Waals surface area contributed by atoms with Gasteiger partial charge in [-0.25, -0.2) is 0 Å². The Balaban J connectivity index is 0.000000404. The molecule has 0 N–H and O–H groups in total. The van der Waals surface area contributed by atoms with Gasteiger partial charge in [0.05, 0.1) is 0 Å². The lowest BCUT2D eigenvalue weighted by molar-refractivity contribution is 0.607. The Kier molecular flexibility index (Phi) is 3.10. The number of benzene rings is 2. The lowest BCUT2D eigenvalue weighted by Crippen LogP contribution is -1.62. The number of fused-ring (bicyclic) bond motifs is 3. The molecule has 0 unspecified atom stereocenters. The normalized spacial score (nSPS) is 9.87. The first-order chi connectivity index (χ1) is 7.45. The zero-order chi connectivity index (χ0) is 10.7. The van der Waals surface area contributed by atoms with Crippen molar-refractivity contribution in [1.29, 1.82) is 0 Å². The van der Waals surface area contributed by atoms with Crippen molar-refractivity contribution in [3.8, 4) is 0 Å². The maximum Gasteiger partial charge on any atom is 0.138 e. The molecule has 0 saturated heterocycles. The summed E-state index contributed by atoms with van der Waals surface area (Å²) >= 11 is 1.86. The van der Waals surface area contributed by atoms with E-state index in [0.29, 0.717) is 0 Å². The molecule has 0 amide bonds. The van der Waals surface area contributed by atoms with Gasteiger partial charge in [-0.3, -0.25) is 4.57 Å². The second-order valence-electron chi connectivity index (χ2n) is 3.09. The van der Waals surface area contributed by atoms with Crippen molar-refractivity contribution < 1.29 is 4.57 Å². The highest BCUT2D eigenvalue weighted by molar-refractivity contribution is 7.25. The standard InChI is InChI=1S/C12H8S.HOP/c1-3-7-11-9(5-1)10-6-2-4-8-12(10)13-11;1-2/h1-8H;2H. The summed E-state index contributed by atoms with van der Waals surface area (Å²) in [6.45, 7) is 0. The summed E-state index contributed by atoms with van der Waals surface area (Å²) in [7, 11) is 1.72. The zero-order valence-corrected chi connectivity index (χ0v) is 9.75. The third-order valence-electron chi connectivity index (χ3n) is 2.28. The van der Waals surface area contributed by atoms with Crippen molar-refractivity contribution in [2.45, 2.75) is 0 Å². The van der Waals surface area contributed by atoms with Crippen LogP contribution in [0.3, 0.4) is 0 Å². The number of hydrogen-bond donors (Lipinski definition) is 0. The second-order valence-corrected chi connectivity index (χ2v) is 4.18. The van der Waals surface area contributed by atoms with Gasteiger partial charge in [-0.1, -0.05) is 36.4 Å². The minimum atomic E-state index is 1.38. The Bertz CT molecular complexity index is 538. The molecule has 0 radical (unpaired) electrons. The molecule has 74 valence electrons. The molecule has 0 atom stereocenters. The maximum absolute atomic E-state index is 8.06. The number of hydrogen-bond acceptors (Lipinski definition) is 2. The summed E-state index contributed by atoms with van der Waals surface area (Å²) < 4.78 is 10.8. The average Bonchev–Trinajstić information content (AvgIpc) is 2.70. The van der Waals surface area contributed by atoms with Crippen LogP contribution in [-0.4, -0.2) is 0 Å². The first-order valence-corrected chi connectivity index (χ1v) is 5.74. The fourth-order valence-electron chi connectivity index (χ4n) is 1.67. The smallest absolute Gasteiger partial charge is 0.138 e. The number of thiophene rings is 1. The van der Waals surface area contributed by atoms with E-state index in [2.05, 4.69) is 48.5 Å². The molecule has 0 saturated carbocycles. The van der Waals surface area contributed by atoms with Gasteiger partial charge in [0.15, 0.2) is 0 Å². The molecule has 3 rings (SSSR count). The predicted molar refractivity (Wildman–Crippen MR) is 68.3 cm³/mol. The summed E-state index contributed by atoms with van der Waals surface area (Å²) in [5, 5.41) is 2.76. The van der Waals surface area contributed by atoms with Crippen LogP contribution < -0.4 is 0 Å². The van der Waals surface area contributed by atoms with Crippen molar-refractivity contribution in [1.82, 2.24) is 0 Å². The molecule has 3 heteroatoms. The fourth-order valence-corrected chi connectivity index (χ4v) is 2.78. The van der Waals surface area contributed by atoms with E-state index in [0.717, 1.165) is 0 Å². The van der Waals surface area contributed by atoms with E-state index in [1.54, 1.807) is 9.12 Å². The van der Waals surface area contributed by atoms with E-state index >= 15 is 0 Å². The average molecular weight is 232 g/mol. The summed E-state index contributed by atoms with van der Waals surface area (Å²) in [6.07, 6.45) is 0. The van der Waals surface area contributed by atoms with Crippen LogP contribution in [0.15, 0.2) is 48.5 Å². The van der Waals surface area contributed by atoms with Crippen molar-refractivity contribution in [3.63, 3.8) is 0 Å². The zero-order valence-electron chi connectivity index (χ0n) is 7.94. The molecule has 0 fully saturated rings. The van der Waals surface area contributed by atoms with E-state index in [9.17, 15) is 0 Å². The van der Waals surface area contributed by atoms with Crippen molar-refractivity contribution >= 4 is 40.6 Å². The fraction of sp³-hybridized carbons (Fsp3) is 0. The van der Waals surface area contributed by atoms with Crippen molar-refractivity contribution in [2.75, 3.05) is 0 Å². The van der Waals surface area contributed by atoms with Gasteiger partial charge in [-0.05, 0) is 12.1 Å². The monoisotopic (exact) mass is 232 g/mol. The van der Waals surface area contributed by atoms with Gasteiger partial charge in [-0.2, -0.15) is 0 Å². The highest BCUT2D eigenvalue weighted by Gasteiger charge is 2.01. The van der Waals surface area contributed by atoms with Gasteiger partial charge in [0, 0.05) is 20.2 Å². The molecule has 3 aromatic rings. The molecule has 15 heavy (non-hydrogen) atoms. The second kappa shape index (κ2) is 4.52. The molecule has 2 aromatic carbocycles. The topological polar surface area (TPSA) is 17.1 Å². The van der Waals surface area contributed by atoms with Crippen LogP contribution in [0.2, 0.25) is 0 Å². The predicted octanol–water partition coefficient (Wildman–Crippen LogP) is 4.53. The molecule has 0 aliphatic heterocycles. The quantitative estimate of drug-likeness (QED) is 0.520. The molecule has 1 aromatic heterocycles. The lowest BCUT2D eigenvalue weighted by Gasteiger charge is -1.88. The molecule has 1 heterocycles. The van der Waals surface area contributed by atoms with Gasteiger partial charge < -0.3 is 0 Å². The summed E-state index contributed by atoms with van der Waals surface area (Å²) in [6, 6.07) is 17.1. The van der Waals surface area contributed by atoms with Crippen molar-refractivity contribution in [3.05, 3.63) is 48.5 Å². The summed E-state index contributed by atoms with van der Waals surface area (Å²) in [5.74, 6) is 0. The van der Waals surface area contributed by atoms with Crippen LogP contribution in [0.4, 0.5) is 0 Å². The summed E-state index contributed by atoms with van der Waals surface area (Å²) in [4.78, 5) is 0. The highest BCUT2D eigenvalue weighted by atomic mass is 32.1. The van der Waals surface area contributed by atoms with E-state index in [4.69, 9.17) is 4.57 Å². The first-order valence-electron chi connectivity index (χ1n) is 4.52. The van der Waals surface area contributed by atoms with Gasteiger partial charge in [0.2, 0.25) is 0 Å². The molecular weight excluding hydrogens is 223 g/mol. The molecule has 1 nitrogen and oxygen atoms in total. The van der Waals surface area contributed by atoms with Crippen LogP contribution in [0, 0.1) is 0 Å². The summed E-state index contributed by atoms with van der Waals surface area (Å²) in [5.41, 5.74) is 0. The van der Waals surface area contributed by atoms with Gasteiger partial charge in [-0.15, -0.1) is 11.3 Å². The van der Waals surface area contributed by atoms with Crippen LogP contribution in [0.5, 0.6) is 0 Å². The van der Waals surface area contributed by atoms with E-state index in [-0.39, 0.29) is 0 Å². The van der Waals surface area contributed by atoms with Gasteiger partial charge in [0.1, 0.15) is 9.12 Å². The SMILES string of the molecule is O=P.c1ccc2c(c1)sc1ccccc12. The van der Waals surface area contributed by atoms with Crippen LogP contribution in [0.25, 0.3) is 20.2 Å². The van der Waals surface area contributed by atoms with E-state index in [1.165, 1.54) is 20.2 Å². The molecular formula is C12H9OPS. The highest BCUT2D eigenvalue weighted by Crippen LogP contribution is 2.32. The molecule has 0 aliphatic rings. The third-order valence-corrected chi connectivity index (χ3v) is 3.44. The van der Waals surface area contributed by atoms with Gasteiger partial charge >= 0.3 is 0 Å². The van der Waals surface area contributed by atoms with E-state index < -0.39 is 0 Å².